The summed E-state index contributed by atoms with van der Waals surface area (Å²) in [5, 5.41) is 2.44. The standard InChI is InChI=1S/C53H39N3/c1-53(2)47-20-9-8-18-42(47)43-25-22-36(32-48(43)53)35-24-27-51-46(30-35)45-29-34(23-26-50(45)56(51)39-15-4-3-5-16-39)33-13-10-14-38(28-33)52(54)55-49-21-11-19-41-40-17-7-6-12-37(40)31-44(41)49/h3-30,32H,31H2,1-2H3,(H2,54,55). The van der Waals surface area contributed by atoms with Gasteiger partial charge in [0.05, 0.1) is 16.7 Å². The Labute approximate surface area is 327 Å². The summed E-state index contributed by atoms with van der Waals surface area (Å²) in [5.41, 5.74) is 27.4. The summed E-state index contributed by atoms with van der Waals surface area (Å²) >= 11 is 0. The first-order valence-corrected chi connectivity index (χ1v) is 19.5. The number of nitrogens with two attached hydrogens (primary N) is 1. The van der Waals surface area contributed by atoms with Crippen LogP contribution in [0.5, 0.6) is 0 Å². The number of aromatic nitrogens is 1. The van der Waals surface area contributed by atoms with Crippen LogP contribution in [-0.4, -0.2) is 10.4 Å². The normalized spacial score (nSPS) is 13.8. The molecule has 0 aliphatic heterocycles. The van der Waals surface area contributed by atoms with Crippen LogP contribution in [0, 0.1) is 0 Å². The van der Waals surface area contributed by atoms with Crippen molar-refractivity contribution < 1.29 is 0 Å². The van der Waals surface area contributed by atoms with Gasteiger partial charge in [0.2, 0.25) is 0 Å². The van der Waals surface area contributed by atoms with Gasteiger partial charge in [-0.1, -0.05) is 135 Å². The van der Waals surface area contributed by atoms with Crippen molar-refractivity contribution in [1.29, 1.82) is 0 Å². The molecule has 0 bridgehead atoms. The van der Waals surface area contributed by atoms with Gasteiger partial charge in [-0.15, -0.1) is 0 Å². The molecule has 3 heteroatoms. The summed E-state index contributed by atoms with van der Waals surface area (Å²) in [5.74, 6) is 0.517. The lowest BCUT2D eigenvalue weighted by atomic mass is 9.81. The third-order valence-corrected chi connectivity index (χ3v) is 12.3. The van der Waals surface area contributed by atoms with Crippen molar-refractivity contribution in [2.75, 3.05) is 0 Å². The highest BCUT2D eigenvalue weighted by molar-refractivity contribution is 6.12. The molecule has 56 heavy (non-hydrogen) atoms. The van der Waals surface area contributed by atoms with E-state index in [1.807, 2.05) is 0 Å². The average molecular weight is 718 g/mol. The van der Waals surface area contributed by atoms with Gasteiger partial charge in [-0.2, -0.15) is 0 Å². The second-order valence-corrected chi connectivity index (χ2v) is 15.8. The number of benzene rings is 8. The number of aliphatic imine (C=N–C) groups is 1. The number of para-hydroxylation sites is 1. The Morgan fingerprint density at radius 3 is 1.91 bits per heavy atom. The maximum absolute atomic E-state index is 6.80. The number of fused-ring (bicyclic) bond motifs is 9. The van der Waals surface area contributed by atoms with E-state index in [0.717, 1.165) is 34.5 Å². The van der Waals surface area contributed by atoms with Crippen molar-refractivity contribution in [1.82, 2.24) is 4.57 Å². The van der Waals surface area contributed by atoms with Crippen molar-refractivity contribution in [2.24, 2.45) is 10.7 Å². The lowest BCUT2D eigenvalue weighted by molar-refractivity contribution is 0.660. The minimum absolute atomic E-state index is 0.0557. The molecule has 1 heterocycles. The van der Waals surface area contributed by atoms with Crippen molar-refractivity contribution in [2.45, 2.75) is 25.7 Å². The van der Waals surface area contributed by atoms with Crippen LogP contribution < -0.4 is 5.73 Å². The molecule has 0 unspecified atom stereocenters. The number of hydrogen-bond acceptors (Lipinski definition) is 1. The Morgan fingerprint density at radius 1 is 0.518 bits per heavy atom. The summed E-state index contributed by atoms with van der Waals surface area (Å²) in [7, 11) is 0. The quantitative estimate of drug-likeness (QED) is 0.140. The second-order valence-electron chi connectivity index (χ2n) is 15.8. The highest BCUT2D eigenvalue weighted by Gasteiger charge is 2.35. The van der Waals surface area contributed by atoms with E-state index in [0.29, 0.717) is 5.84 Å². The monoisotopic (exact) mass is 717 g/mol. The van der Waals surface area contributed by atoms with Crippen LogP contribution in [0.1, 0.15) is 41.7 Å². The van der Waals surface area contributed by atoms with E-state index in [-0.39, 0.29) is 5.41 Å². The highest BCUT2D eigenvalue weighted by atomic mass is 15.0. The Bertz CT molecular complexity index is 3090. The third kappa shape index (κ3) is 4.94. The SMILES string of the molecule is CC1(C)c2ccccc2-c2ccc(-c3ccc4c(c3)c3cc(-c5cccc(C(N)=Nc6cccc7c6Cc6ccccc6-7)c5)ccc3n4-c3ccccc3)cc21. The van der Waals surface area contributed by atoms with Crippen molar-refractivity contribution in [3.8, 4) is 50.2 Å². The zero-order chi connectivity index (χ0) is 37.5. The Kier molecular flexibility index (Phi) is 7.11. The Hall–Kier alpha value is -6.97. The molecule has 0 radical (unpaired) electrons. The first kappa shape index (κ1) is 32.5. The largest absolute Gasteiger partial charge is 0.383 e. The zero-order valence-electron chi connectivity index (χ0n) is 31.4. The molecule has 1 aromatic heterocycles. The maximum Gasteiger partial charge on any atom is 0.131 e. The first-order valence-electron chi connectivity index (χ1n) is 19.5. The van der Waals surface area contributed by atoms with Gasteiger partial charge in [0.1, 0.15) is 5.84 Å². The molecule has 11 rings (SSSR count). The summed E-state index contributed by atoms with van der Waals surface area (Å²) in [6.45, 7) is 4.70. The topological polar surface area (TPSA) is 43.3 Å². The molecule has 266 valence electrons. The lowest BCUT2D eigenvalue weighted by Gasteiger charge is -2.22. The first-order chi connectivity index (χ1) is 27.4. The molecule has 2 aliphatic rings. The number of hydrogen-bond donors (Lipinski definition) is 1. The summed E-state index contributed by atoms with van der Waals surface area (Å²) in [6.07, 6.45) is 0.871. The van der Waals surface area contributed by atoms with E-state index < -0.39 is 0 Å². The molecule has 0 fully saturated rings. The van der Waals surface area contributed by atoms with Gasteiger partial charge < -0.3 is 10.3 Å². The molecule has 2 N–H and O–H groups in total. The van der Waals surface area contributed by atoms with E-state index in [1.165, 1.54) is 77.4 Å². The fourth-order valence-corrected chi connectivity index (χ4v) is 9.42. The highest BCUT2D eigenvalue weighted by Crippen LogP contribution is 2.50. The van der Waals surface area contributed by atoms with E-state index >= 15 is 0 Å². The molecule has 0 saturated carbocycles. The molecule has 3 nitrogen and oxygen atoms in total. The molecule has 0 spiro atoms. The molecule has 0 atom stereocenters. The van der Waals surface area contributed by atoms with Crippen molar-refractivity contribution in [3.05, 3.63) is 204 Å². The molecule has 8 aromatic carbocycles. The lowest BCUT2D eigenvalue weighted by Crippen LogP contribution is -2.14. The number of rotatable bonds is 5. The van der Waals surface area contributed by atoms with Crippen LogP contribution in [0.25, 0.3) is 72.0 Å². The number of amidine groups is 1. The summed E-state index contributed by atoms with van der Waals surface area (Å²) < 4.78 is 2.39. The van der Waals surface area contributed by atoms with Gasteiger partial charge in [0.15, 0.2) is 0 Å². The fraction of sp³-hybridized carbons (Fsp3) is 0.0755. The van der Waals surface area contributed by atoms with Crippen LogP contribution in [-0.2, 0) is 11.8 Å². The summed E-state index contributed by atoms with van der Waals surface area (Å²) in [4.78, 5) is 5.02. The van der Waals surface area contributed by atoms with Crippen molar-refractivity contribution in [3.63, 3.8) is 0 Å². The predicted octanol–water partition coefficient (Wildman–Crippen LogP) is 13.0. The molecular weight excluding hydrogens is 679 g/mol. The Morgan fingerprint density at radius 2 is 1.12 bits per heavy atom. The van der Waals surface area contributed by atoms with Crippen molar-refractivity contribution >= 4 is 33.3 Å². The van der Waals surface area contributed by atoms with E-state index in [1.54, 1.807) is 0 Å². The molecule has 0 amide bonds. The van der Waals surface area contributed by atoms with Gasteiger partial charge in [0, 0.05) is 33.9 Å². The van der Waals surface area contributed by atoms with E-state index in [9.17, 15) is 0 Å². The average Bonchev–Trinajstić information content (AvgIpc) is 3.86. The molecule has 0 saturated heterocycles. The molecule has 9 aromatic rings. The van der Waals surface area contributed by atoms with Gasteiger partial charge >= 0.3 is 0 Å². The Balaban J connectivity index is 1.01. The smallest absolute Gasteiger partial charge is 0.131 e. The fourth-order valence-electron chi connectivity index (χ4n) is 9.42. The third-order valence-electron chi connectivity index (χ3n) is 12.3. The van der Waals surface area contributed by atoms with E-state index in [2.05, 4.69) is 194 Å². The maximum atomic E-state index is 6.80. The zero-order valence-corrected chi connectivity index (χ0v) is 31.4. The van der Waals surface area contributed by atoms with Gasteiger partial charge in [-0.05, 0) is 121 Å². The van der Waals surface area contributed by atoms with Gasteiger partial charge in [0.25, 0.3) is 0 Å². The molecule has 2 aliphatic carbocycles. The van der Waals surface area contributed by atoms with Gasteiger partial charge in [-0.25, -0.2) is 4.99 Å². The van der Waals surface area contributed by atoms with Crippen LogP contribution >= 0.6 is 0 Å². The van der Waals surface area contributed by atoms with Crippen LogP contribution in [0.4, 0.5) is 5.69 Å². The predicted molar refractivity (Wildman–Crippen MR) is 234 cm³/mol. The van der Waals surface area contributed by atoms with Crippen LogP contribution in [0.3, 0.4) is 0 Å². The second kappa shape index (κ2) is 12.3. The molecular formula is C53H39N3. The van der Waals surface area contributed by atoms with Crippen LogP contribution in [0.2, 0.25) is 0 Å². The summed E-state index contributed by atoms with van der Waals surface area (Å²) in [6, 6.07) is 63.8. The number of nitrogens with zero attached hydrogens (tertiary/aromatic N) is 2. The van der Waals surface area contributed by atoms with Crippen LogP contribution in [0.15, 0.2) is 181 Å². The minimum atomic E-state index is -0.0557. The van der Waals surface area contributed by atoms with E-state index in [4.69, 9.17) is 10.7 Å². The minimum Gasteiger partial charge on any atom is -0.383 e. The van der Waals surface area contributed by atoms with Gasteiger partial charge in [-0.3, -0.25) is 0 Å².